The van der Waals surface area contributed by atoms with Crippen molar-refractivity contribution in [2.45, 2.75) is 13.8 Å². The summed E-state index contributed by atoms with van der Waals surface area (Å²) in [5, 5.41) is 15.2. The number of aromatic nitrogens is 2. The molecule has 0 unspecified atom stereocenters. The van der Waals surface area contributed by atoms with Gasteiger partial charge in [-0.05, 0) is 26.0 Å². The lowest BCUT2D eigenvalue weighted by molar-refractivity contribution is -0.385. The zero-order valence-corrected chi connectivity index (χ0v) is 11.3. The number of aryl methyl sites for hydroxylation is 2. The van der Waals surface area contributed by atoms with Crippen molar-refractivity contribution in [2.24, 2.45) is 7.05 Å². The number of benzene rings is 1. The Bertz CT molecular complexity index is 691. The fourth-order valence-electron chi connectivity index (χ4n) is 1.85. The Balaban J connectivity index is 2.48. The van der Waals surface area contributed by atoms with Crippen molar-refractivity contribution in [3.05, 3.63) is 45.3 Å². The fourth-order valence-corrected chi connectivity index (χ4v) is 1.85. The summed E-state index contributed by atoms with van der Waals surface area (Å²) in [4.78, 5) is 21.1. The molecule has 0 radical (unpaired) electrons. The topological polar surface area (TPSA) is 87.3 Å². The van der Waals surface area contributed by atoms with Gasteiger partial charge in [-0.25, -0.2) is 0 Å². The van der Waals surface area contributed by atoms with E-state index in [0.29, 0.717) is 17.7 Å². The highest BCUT2D eigenvalue weighted by Crippen LogP contribution is 2.34. The molecule has 0 saturated heterocycles. The van der Waals surface area contributed by atoms with Crippen molar-refractivity contribution in [3.8, 4) is 11.5 Å². The van der Waals surface area contributed by atoms with Crippen LogP contribution in [0.4, 0.5) is 5.69 Å². The van der Waals surface area contributed by atoms with Crippen LogP contribution < -0.4 is 4.74 Å². The predicted molar refractivity (Wildman–Crippen MR) is 71.2 cm³/mol. The molecule has 0 spiro atoms. The number of nitro groups is 1. The second-order valence-electron chi connectivity index (χ2n) is 4.33. The highest BCUT2D eigenvalue weighted by atomic mass is 16.6. The number of nitrogens with zero attached hydrogens (tertiary/aromatic N) is 3. The predicted octanol–water partition coefficient (Wildman–Crippen LogP) is 2.55. The van der Waals surface area contributed by atoms with E-state index in [0.717, 1.165) is 5.69 Å². The van der Waals surface area contributed by atoms with Gasteiger partial charge >= 0.3 is 5.69 Å². The highest BCUT2D eigenvalue weighted by Gasteiger charge is 2.20. The standard InChI is InChI=1S/C13H13N3O4/c1-8-13(9(2)15(3)14-8)20-12-5-4-10(7-17)6-11(12)16(18)19/h4-7H,1-3H3. The molecule has 1 aromatic carbocycles. The van der Waals surface area contributed by atoms with Crippen LogP contribution >= 0.6 is 0 Å². The fraction of sp³-hybridized carbons (Fsp3) is 0.231. The van der Waals surface area contributed by atoms with E-state index < -0.39 is 4.92 Å². The average molecular weight is 275 g/mol. The maximum atomic E-state index is 11.0. The van der Waals surface area contributed by atoms with Gasteiger partial charge in [0.1, 0.15) is 12.0 Å². The van der Waals surface area contributed by atoms with Gasteiger partial charge in [-0.2, -0.15) is 5.10 Å². The van der Waals surface area contributed by atoms with Crippen molar-refractivity contribution in [1.82, 2.24) is 9.78 Å². The smallest absolute Gasteiger partial charge is 0.312 e. The third-order valence-electron chi connectivity index (χ3n) is 2.97. The van der Waals surface area contributed by atoms with Crippen LogP contribution in [0, 0.1) is 24.0 Å². The molecule has 0 aliphatic carbocycles. The molecule has 0 bridgehead atoms. The molecule has 104 valence electrons. The summed E-state index contributed by atoms with van der Waals surface area (Å²) in [6.07, 6.45) is 0.553. The number of carbonyl (C=O) groups excluding carboxylic acids is 1. The molecule has 1 aromatic heterocycles. The summed E-state index contributed by atoms with van der Waals surface area (Å²) in [6.45, 7) is 3.56. The minimum absolute atomic E-state index is 0.0831. The first kappa shape index (κ1) is 13.7. The van der Waals surface area contributed by atoms with Crippen LogP contribution in [0.3, 0.4) is 0 Å². The Morgan fingerprint density at radius 1 is 1.40 bits per heavy atom. The Labute approximate surface area is 114 Å². The minimum Gasteiger partial charge on any atom is -0.446 e. The second-order valence-corrected chi connectivity index (χ2v) is 4.33. The van der Waals surface area contributed by atoms with E-state index >= 15 is 0 Å². The molecule has 7 heteroatoms. The molecule has 1 heterocycles. The maximum absolute atomic E-state index is 11.0. The number of carbonyl (C=O) groups is 1. The Kier molecular flexibility index (Phi) is 3.51. The van der Waals surface area contributed by atoms with Gasteiger partial charge in [0.05, 0.1) is 10.6 Å². The quantitative estimate of drug-likeness (QED) is 0.486. The van der Waals surface area contributed by atoms with Gasteiger partial charge in [-0.3, -0.25) is 19.6 Å². The Morgan fingerprint density at radius 2 is 2.10 bits per heavy atom. The SMILES string of the molecule is Cc1nn(C)c(C)c1Oc1ccc(C=O)cc1[N+](=O)[O-]. The molecule has 0 saturated carbocycles. The number of aldehydes is 1. The van der Waals surface area contributed by atoms with E-state index in [1.807, 2.05) is 0 Å². The lowest BCUT2D eigenvalue weighted by atomic mass is 10.2. The van der Waals surface area contributed by atoms with Gasteiger partial charge < -0.3 is 4.74 Å². The molecule has 7 nitrogen and oxygen atoms in total. The van der Waals surface area contributed by atoms with Crippen molar-refractivity contribution >= 4 is 12.0 Å². The van der Waals surface area contributed by atoms with Crippen LogP contribution in [0.2, 0.25) is 0 Å². The van der Waals surface area contributed by atoms with Crippen LogP contribution in [0.1, 0.15) is 21.7 Å². The molecule has 0 aliphatic rings. The average Bonchev–Trinajstić information content (AvgIpc) is 2.65. The van der Waals surface area contributed by atoms with Crippen molar-refractivity contribution in [2.75, 3.05) is 0 Å². The summed E-state index contributed by atoms with van der Waals surface area (Å²) >= 11 is 0. The van der Waals surface area contributed by atoms with Gasteiger partial charge in [0.2, 0.25) is 5.75 Å². The van der Waals surface area contributed by atoms with E-state index in [-0.39, 0.29) is 17.0 Å². The molecular formula is C13H13N3O4. The number of hydrogen-bond acceptors (Lipinski definition) is 5. The summed E-state index contributed by atoms with van der Waals surface area (Å²) in [5.41, 5.74) is 1.37. The molecule has 0 atom stereocenters. The van der Waals surface area contributed by atoms with E-state index in [4.69, 9.17) is 4.74 Å². The van der Waals surface area contributed by atoms with Crippen molar-refractivity contribution in [1.29, 1.82) is 0 Å². The lowest BCUT2D eigenvalue weighted by Crippen LogP contribution is -1.97. The molecular weight excluding hydrogens is 262 g/mol. The Hall–Kier alpha value is -2.70. The maximum Gasteiger partial charge on any atom is 0.312 e. The lowest BCUT2D eigenvalue weighted by Gasteiger charge is -2.07. The molecule has 2 aromatic rings. The third kappa shape index (κ3) is 2.37. The zero-order valence-electron chi connectivity index (χ0n) is 11.3. The zero-order chi connectivity index (χ0) is 14.9. The second kappa shape index (κ2) is 5.12. The Morgan fingerprint density at radius 3 is 2.60 bits per heavy atom. The van der Waals surface area contributed by atoms with Gasteiger partial charge in [-0.15, -0.1) is 0 Å². The van der Waals surface area contributed by atoms with Crippen LogP contribution in [-0.4, -0.2) is 21.0 Å². The van der Waals surface area contributed by atoms with Crippen molar-refractivity contribution in [3.63, 3.8) is 0 Å². The van der Waals surface area contributed by atoms with Crippen LogP contribution in [0.15, 0.2) is 18.2 Å². The van der Waals surface area contributed by atoms with E-state index in [1.165, 1.54) is 18.2 Å². The van der Waals surface area contributed by atoms with Gasteiger partial charge in [0.15, 0.2) is 5.75 Å². The molecule has 0 N–H and O–H groups in total. The van der Waals surface area contributed by atoms with Crippen LogP contribution in [0.5, 0.6) is 11.5 Å². The van der Waals surface area contributed by atoms with Gasteiger partial charge in [0, 0.05) is 18.7 Å². The number of rotatable bonds is 4. The van der Waals surface area contributed by atoms with Crippen LogP contribution in [-0.2, 0) is 7.05 Å². The van der Waals surface area contributed by atoms with Crippen LogP contribution in [0.25, 0.3) is 0 Å². The molecule has 0 fully saturated rings. The van der Waals surface area contributed by atoms with E-state index in [1.54, 1.807) is 25.6 Å². The number of ether oxygens (including phenoxy) is 1. The number of hydrogen-bond donors (Lipinski definition) is 0. The highest BCUT2D eigenvalue weighted by molar-refractivity contribution is 5.77. The molecule has 0 amide bonds. The first-order chi connectivity index (χ1) is 9.43. The molecule has 0 aliphatic heterocycles. The first-order valence-electron chi connectivity index (χ1n) is 5.85. The van der Waals surface area contributed by atoms with Gasteiger partial charge in [0.25, 0.3) is 0 Å². The molecule has 20 heavy (non-hydrogen) atoms. The normalized spacial score (nSPS) is 10.3. The monoisotopic (exact) mass is 275 g/mol. The third-order valence-corrected chi connectivity index (χ3v) is 2.97. The molecule has 2 rings (SSSR count). The summed E-state index contributed by atoms with van der Waals surface area (Å²) in [5.74, 6) is 0.564. The van der Waals surface area contributed by atoms with E-state index in [9.17, 15) is 14.9 Å². The largest absolute Gasteiger partial charge is 0.446 e. The minimum atomic E-state index is -0.580. The number of nitro benzene ring substituents is 1. The van der Waals surface area contributed by atoms with E-state index in [2.05, 4.69) is 5.10 Å². The summed E-state index contributed by atoms with van der Waals surface area (Å²) in [7, 11) is 1.76. The summed E-state index contributed by atoms with van der Waals surface area (Å²) in [6, 6.07) is 4.06. The summed E-state index contributed by atoms with van der Waals surface area (Å²) < 4.78 is 7.25. The first-order valence-corrected chi connectivity index (χ1v) is 5.85. The van der Waals surface area contributed by atoms with Gasteiger partial charge in [-0.1, -0.05) is 0 Å². The van der Waals surface area contributed by atoms with Crippen molar-refractivity contribution < 1.29 is 14.5 Å².